The summed E-state index contributed by atoms with van der Waals surface area (Å²) in [7, 11) is 1.56. The molecular weight excluding hydrogens is 258 g/mol. The van der Waals surface area contributed by atoms with Crippen LogP contribution in [0.25, 0.3) is 0 Å². The van der Waals surface area contributed by atoms with E-state index < -0.39 is 5.97 Å². The predicted molar refractivity (Wildman–Crippen MR) is 74.2 cm³/mol. The van der Waals surface area contributed by atoms with Crippen molar-refractivity contribution >= 4 is 17.6 Å². The number of hydrogen-bond donors (Lipinski definition) is 2. The summed E-state index contributed by atoms with van der Waals surface area (Å²) in [4.78, 5) is 24.4. The van der Waals surface area contributed by atoms with E-state index in [4.69, 9.17) is 5.11 Å². The maximum Gasteiger partial charge on any atom is 0.335 e. The van der Waals surface area contributed by atoms with Crippen LogP contribution in [0.2, 0.25) is 0 Å². The highest BCUT2D eigenvalue weighted by molar-refractivity contribution is 6.07. The second-order valence-corrected chi connectivity index (χ2v) is 4.23. The molecule has 0 atom stereocenters. The molecule has 0 aromatic heterocycles. The minimum atomic E-state index is -1.02. The van der Waals surface area contributed by atoms with E-state index >= 15 is 0 Å². The Morgan fingerprint density at radius 2 is 1.60 bits per heavy atom. The van der Waals surface area contributed by atoms with Gasteiger partial charge in [-0.25, -0.2) is 4.79 Å². The van der Waals surface area contributed by atoms with E-state index in [1.54, 1.807) is 31.3 Å². The van der Waals surface area contributed by atoms with Crippen LogP contribution in [-0.2, 0) is 0 Å². The second kappa shape index (κ2) is 5.44. The van der Waals surface area contributed by atoms with Gasteiger partial charge in [-0.2, -0.15) is 0 Å². The number of phenolic OH excluding ortho intramolecular Hbond substituents is 1. The lowest BCUT2D eigenvalue weighted by Crippen LogP contribution is -2.26. The van der Waals surface area contributed by atoms with Crippen LogP contribution in [0.4, 0.5) is 5.69 Å². The zero-order valence-corrected chi connectivity index (χ0v) is 10.8. The molecule has 0 unspecified atom stereocenters. The highest BCUT2D eigenvalue weighted by Gasteiger charge is 2.16. The molecule has 2 aromatic carbocycles. The van der Waals surface area contributed by atoms with Crippen LogP contribution >= 0.6 is 0 Å². The molecule has 0 aliphatic heterocycles. The quantitative estimate of drug-likeness (QED) is 0.898. The van der Waals surface area contributed by atoms with Crippen molar-refractivity contribution in [3.05, 3.63) is 59.7 Å². The van der Waals surface area contributed by atoms with Crippen LogP contribution < -0.4 is 4.90 Å². The van der Waals surface area contributed by atoms with Crippen LogP contribution in [0.3, 0.4) is 0 Å². The third kappa shape index (κ3) is 2.61. The Kier molecular flexibility index (Phi) is 3.70. The van der Waals surface area contributed by atoms with Gasteiger partial charge in [-0.05, 0) is 36.4 Å². The predicted octanol–water partition coefficient (Wildman–Crippen LogP) is 2.37. The molecular formula is C15H13NO4. The molecule has 0 aliphatic carbocycles. The Hall–Kier alpha value is -2.82. The van der Waals surface area contributed by atoms with Gasteiger partial charge in [-0.15, -0.1) is 0 Å². The number of phenols is 1. The molecule has 1 amide bonds. The van der Waals surface area contributed by atoms with Crippen molar-refractivity contribution in [3.63, 3.8) is 0 Å². The van der Waals surface area contributed by atoms with Gasteiger partial charge in [0, 0.05) is 12.7 Å². The smallest absolute Gasteiger partial charge is 0.335 e. The number of amides is 1. The summed E-state index contributed by atoms with van der Waals surface area (Å²) in [6.45, 7) is 0. The fraction of sp³-hybridized carbons (Fsp3) is 0.0667. The number of aromatic carboxylic acids is 1. The van der Waals surface area contributed by atoms with Crippen molar-refractivity contribution < 1.29 is 19.8 Å². The van der Waals surface area contributed by atoms with E-state index in [1.165, 1.54) is 29.2 Å². The molecule has 0 radical (unpaired) electrons. The number of carboxylic acids is 1. The topological polar surface area (TPSA) is 77.8 Å². The monoisotopic (exact) mass is 271 g/mol. The molecule has 0 bridgehead atoms. The summed E-state index contributed by atoms with van der Waals surface area (Å²) in [6, 6.07) is 12.2. The van der Waals surface area contributed by atoms with Crippen LogP contribution in [0, 0.1) is 0 Å². The first-order chi connectivity index (χ1) is 9.50. The highest BCUT2D eigenvalue weighted by atomic mass is 16.4. The minimum Gasteiger partial charge on any atom is -0.507 e. The van der Waals surface area contributed by atoms with Crippen LogP contribution in [0.5, 0.6) is 5.75 Å². The zero-order chi connectivity index (χ0) is 14.7. The summed E-state index contributed by atoms with van der Waals surface area (Å²) in [5.41, 5.74) is 0.887. The molecule has 2 N–H and O–H groups in total. The molecule has 0 aliphatic rings. The number of anilines is 1. The summed E-state index contributed by atoms with van der Waals surface area (Å²) in [5, 5.41) is 18.5. The first-order valence-corrected chi connectivity index (χ1v) is 5.90. The molecule has 0 saturated carbocycles. The average Bonchev–Trinajstić information content (AvgIpc) is 2.46. The largest absolute Gasteiger partial charge is 0.507 e. The van der Waals surface area contributed by atoms with E-state index in [1.807, 2.05) is 0 Å². The van der Waals surface area contributed by atoms with Gasteiger partial charge in [0.2, 0.25) is 0 Å². The number of aromatic hydroxyl groups is 1. The van der Waals surface area contributed by atoms with E-state index in [0.29, 0.717) is 5.69 Å². The first kappa shape index (κ1) is 13.6. The molecule has 2 rings (SSSR count). The fourth-order valence-electron chi connectivity index (χ4n) is 1.78. The van der Waals surface area contributed by atoms with E-state index in [0.717, 1.165) is 0 Å². The zero-order valence-electron chi connectivity index (χ0n) is 10.8. The maximum absolute atomic E-state index is 12.2. The van der Waals surface area contributed by atoms with Crippen LogP contribution in [-0.4, -0.2) is 29.1 Å². The number of rotatable bonds is 3. The summed E-state index contributed by atoms with van der Waals surface area (Å²) < 4.78 is 0. The lowest BCUT2D eigenvalue weighted by Gasteiger charge is -2.18. The number of carbonyl (C=O) groups is 2. The summed E-state index contributed by atoms with van der Waals surface area (Å²) in [5.74, 6) is -1.48. The molecule has 2 aromatic rings. The molecule has 5 heteroatoms. The normalized spacial score (nSPS) is 10.1. The van der Waals surface area contributed by atoms with Gasteiger partial charge in [-0.3, -0.25) is 4.79 Å². The lowest BCUT2D eigenvalue weighted by molar-refractivity contribution is 0.0696. The van der Waals surface area contributed by atoms with Crippen molar-refractivity contribution in [2.45, 2.75) is 0 Å². The van der Waals surface area contributed by atoms with Crippen molar-refractivity contribution in [1.82, 2.24) is 0 Å². The third-order valence-electron chi connectivity index (χ3n) is 2.94. The van der Waals surface area contributed by atoms with Gasteiger partial charge >= 0.3 is 5.97 Å². The van der Waals surface area contributed by atoms with Gasteiger partial charge in [-0.1, -0.05) is 12.1 Å². The molecule has 0 fully saturated rings. The second-order valence-electron chi connectivity index (χ2n) is 4.23. The van der Waals surface area contributed by atoms with Gasteiger partial charge in [0.25, 0.3) is 5.91 Å². The molecule has 5 nitrogen and oxygen atoms in total. The Morgan fingerprint density at radius 3 is 2.15 bits per heavy atom. The average molecular weight is 271 g/mol. The van der Waals surface area contributed by atoms with Crippen molar-refractivity contribution in [1.29, 1.82) is 0 Å². The SMILES string of the molecule is CN(C(=O)c1ccccc1O)c1ccc(C(=O)O)cc1. The highest BCUT2D eigenvalue weighted by Crippen LogP contribution is 2.21. The first-order valence-electron chi connectivity index (χ1n) is 5.90. The van der Waals surface area contributed by atoms with E-state index in [2.05, 4.69) is 0 Å². The standard InChI is InChI=1S/C15H13NO4/c1-16(11-8-6-10(7-9-11)15(19)20)14(18)12-4-2-3-5-13(12)17/h2-9,17H,1H3,(H,19,20). The van der Waals surface area contributed by atoms with E-state index in [-0.39, 0.29) is 22.8 Å². The molecule has 20 heavy (non-hydrogen) atoms. The number of carboxylic acid groups (broad SMARTS) is 1. The van der Waals surface area contributed by atoms with Crippen molar-refractivity contribution in [3.8, 4) is 5.75 Å². The Labute approximate surface area is 115 Å². The number of nitrogens with zero attached hydrogens (tertiary/aromatic N) is 1. The molecule has 102 valence electrons. The van der Waals surface area contributed by atoms with Gasteiger partial charge < -0.3 is 15.1 Å². The van der Waals surface area contributed by atoms with Crippen molar-refractivity contribution in [2.24, 2.45) is 0 Å². The Balaban J connectivity index is 2.27. The minimum absolute atomic E-state index is 0.0912. The fourth-order valence-corrected chi connectivity index (χ4v) is 1.78. The number of para-hydroxylation sites is 1. The molecule has 0 saturated heterocycles. The van der Waals surface area contributed by atoms with Crippen molar-refractivity contribution in [2.75, 3.05) is 11.9 Å². The summed E-state index contributed by atoms with van der Waals surface area (Å²) in [6.07, 6.45) is 0. The van der Waals surface area contributed by atoms with Crippen LogP contribution in [0.15, 0.2) is 48.5 Å². The van der Waals surface area contributed by atoms with Gasteiger partial charge in [0.1, 0.15) is 5.75 Å². The Bertz CT molecular complexity index is 649. The van der Waals surface area contributed by atoms with E-state index in [9.17, 15) is 14.7 Å². The van der Waals surface area contributed by atoms with Gasteiger partial charge in [0.05, 0.1) is 11.1 Å². The van der Waals surface area contributed by atoms with Crippen LogP contribution in [0.1, 0.15) is 20.7 Å². The maximum atomic E-state index is 12.2. The lowest BCUT2D eigenvalue weighted by atomic mass is 10.1. The number of carbonyl (C=O) groups excluding carboxylic acids is 1. The Morgan fingerprint density at radius 1 is 1.00 bits per heavy atom. The summed E-state index contributed by atoms with van der Waals surface area (Å²) >= 11 is 0. The number of benzene rings is 2. The molecule has 0 heterocycles. The number of hydrogen-bond acceptors (Lipinski definition) is 3. The third-order valence-corrected chi connectivity index (χ3v) is 2.94. The molecule has 0 spiro atoms. The van der Waals surface area contributed by atoms with Gasteiger partial charge in [0.15, 0.2) is 0 Å².